The van der Waals surface area contributed by atoms with E-state index in [0.29, 0.717) is 12.3 Å². The average Bonchev–Trinajstić information content (AvgIpc) is 2.51. The minimum atomic E-state index is -0.995. The second-order valence-corrected chi connectivity index (χ2v) is 4.55. The Morgan fingerprint density at radius 2 is 1.91 bits per heavy atom. The van der Waals surface area contributed by atoms with Crippen molar-refractivity contribution in [1.82, 2.24) is 0 Å². The number of nitrogens with one attached hydrogen (secondary N) is 2. The van der Waals surface area contributed by atoms with Crippen molar-refractivity contribution in [2.45, 2.75) is 6.42 Å². The Morgan fingerprint density at radius 1 is 1.14 bits per heavy atom. The van der Waals surface area contributed by atoms with Gasteiger partial charge in [-0.2, -0.15) is 0 Å². The number of carbonyl (C=O) groups excluding carboxylic acids is 1. The number of hydrogen-bond donors (Lipinski definition) is 2. The van der Waals surface area contributed by atoms with Gasteiger partial charge in [-0.1, -0.05) is 12.1 Å². The third-order valence-electron chi connectivity index (χ3n) is 2.98. The average molecular weight is 306 g/mol. The number of rotatable bonds is 6. The molecule has 4 nitrogen and oxygen atoms in total. The molecule has 0 radical (unpaired) electrons. The Labute approximate surface area is 127 Å². The number of carbonyl (C=O) groups is 1. The molecule has 2 aromatic carbocycles. The summed E-state index contributed by atoms with van der Waals surface area (Å²) in [4.78, 5) is 11.8. The SMILES string of the molecule is COc1ccccc1NCCC(=O)Nc1ccc(F)c(F)c1. The molecule has 0 saturated heterocycles. The summed E-state index contributed by atoms with van der Waals surface area (Å²) in [6.45, 7) is 0.385. The van der Waals surface area contributed by atoms with E-state index in [1.165, 1.54) is 6.07 Å². The fourth-order valence-electron chi connectivity index (χ4n) is 1.90. The number of para-hydroxylation sites is 2. The largest absolute Gasteiger partial charge is 0.495 e. The summed E-state index contributed by atoms with van der Waals surface area (Å²) in [5.41, 5.74) is 1.01. The van der Waals surface area contributed by atoms with E-state index in [2.05, 4.69) is 10.6 Å². The van der Waals surface area contributed by atoms with Gasteiger partial charge in [-0.3, -0.25) is 4.79 Å². The Balaban J connectivity index is 1.84. The molecule has 22 heavy (non-hydrogen) atoms. The van der Waals surface area contributed by atoms with Gasteiger partial charge < -0.3 is 15.4 Å². The van der Waals surface area contributed by atoms with Gasteiger partial charge in [-0.05, 0) is 24.3 Å². The third-order valence-corrected chi connectivity index (χ3v) is 2.98. The van der Waals surface area contributed by atoms with E-state index in [9.17, 15) is 13.6 Å². The van der Waals surface area contributed by atoms with Crippen LogP contribution in [-0.4, -0.2) is 19.6 Å². The first-order valence-corrected chi connectivity index (χ1v) is 6.72. The molecule has 0 aliphatic heterocycles. The summed E-state index contributed by atoms with van der Waals surface area (Å²) in [5, 5.41) is 5.59. The molecule has 116 valence electrons. The summed E-state index contributed by atoms with van der Waals surface area (Å²) in [6.07, 6.45) is 0.178. The molecule has 0 unspecified atom stereocenters. The topological polar surface area (TPSA) is 50.4 Å². The molecular formula is C16H16F2N2O2. The molecule has 0 saturated carbocycles. The summed E-state index contributed by atoms with van der Waals surface area (Å²) < 4.78 is 31.0. The molecule has 0 aromatic heterocycles. The van der Waals surface area contributed by atoms with Gasteiger partial charge in [-0.25, -0.2) is 8.78 Å². The number of methoxy groups -OCH3 is 1. The first kappa shape index (κ1) is 15.8. The standard InChI is InChI=1S/C16H16F2N2O2/c1-22-15-5-3-2-4-14(15)19-9-8-16(21)20-11-6-7-12(17)13(18)10-11/h2-7,10,19H,8-9H2,1H3,(H,20,21). The van der Waals surface area contributed by atoms with Crippen molar-refractivity contribution in [3.63, 3.8) is 0 Å². The highest BCUT2D eigenvalue weighted by molar-refractivity contribution is 5.91. The summed E-state index contributed by atoms with van der Waals surface area (Å²) in [7, 11) is 1.57. The molecule has 6 heteroatoms. The van der Waals surface area contributed by atoms with E-state index in [1.54, 1.807) is 7.11 Å². The number of benzene rings is 2. The lowest BCUT2D eigenvalue weighted by Crippen LogP contribution is -2.16. The molecule has 2 N–H and O–H groups in total. The molecule has 0 aliphatic rings. The molecular weight excluding hydrogens is 290 g/mol. The minimum Gasteiger partial charge on any atom is -0.495 e. The quantitative estimate of drug-likeness (QED) is 0.860. The van der Waals surface area contributed by atoms with Crippen LogP contribution in [0.2, 0.25) is 0 Å². The van der Waals surface area contributed by atoms with Crippen LogP contribution in [0.3, 0.4) is 0 Å². The molecule has 0 bridgehead atoms. The van der Waals surface area contributed by atoms with Gasteiger partial charge in [0.2, 0.25) is 5.91 Å². The Kier molecular flexibility index (Phi) is 5.30. The lowest BCUT2D eigenvalue weighted by molar-refractivity contribution is -0.115. The van der Waals surface area contributed by atoms with E-state index in [1.807, 2.05) is 24.3 Å². The third kappa shape index (κ3) is 4.18. The first-order chi connectivity index (χ1) is 10.6. The summed E-state index contributed by atoms with van der Waals surface area (Å²) in [6, 6.07) is 10.6. The Hall–Kier alpha value is -2.63. The molecule has 0 heterocycles. The van der Waals surface area contributed by atoms with Crippen LogP contribution in [0.25, 0.3) is 0 Å². The number of amides is 1. The second-order valence-electron chi connectivity index (χ2n) is 4.55. The molecule has 0 aliphatic carbocycles. The molecule has 2 aromatic rings. The zero-order valence-corrected chi connectivity index (χ0v) is 12.0. The number of ether oxygens (including phenoxy) is 1. The molecule has 1 amide bonds. The van der Waals surface area contributed by atoms with Crippen LogP contribution >= 0.6 is 0 Å². The smallest absolute Gasteiger partial charge is 0.226 e. The summed E-state index contributed by atoms with van der Waals surface area (Å²) in [5.74, 6) is -1.56. The van der Waals surface area contributed by atoms with Crippen molar-refractivity contribution in [1.29, 1.82) is 0 Å². The van der Waals surface area contributed by atoms with Crippen LogP contribution in [-0.2, 0) is 4.79 Å². The van der Waals surface area contributed by atoms with Crippen molar-refractivity contribution in [2.75, 3.05) is 24.3 Å². The number of hydrogen-bond acceptors (Lipinski definition) is 3. The van der Waals surface area contributed by atoms with Crippen LogP contribution in [0.5, 0.6) is 5.75 Å². The van der Waals surface area contributed by atoms with E-state index in [-0.39, 0.29) is 18.0 Å². The van der Waals surface area contributed by atoms with Crippen molar-refractivity contribution in [2.24, 2.45) is 0 Å². The normalized spacial score (nSPS) is 10.1. The van der Waals surface area contributed by atoms with Crippen LogP contribution in [0.4, 0.5) is 20.2 Å². The van der Waals surface area contributed by atoms with Gasteiger partial charge in [0.25, 0.3) is 0 Å². The summed E-state index contributed by atoms with van der Waals surface area (Å²) >= 11 is 0. The van der Waals surface area contributed by atoms with Gasteiger partial charge in [0, 0.05) is 24.7 Å². The van der Waals surface area contributed by atoms with Crippen molar-refractivity contribution in [3.8, 4) is 5.75 Å². The maximum atomic E-state index is 13.0. The van der Waals surface area contributed by atoms with Gasteiger partial charge in [-0.15, -0.1) is 0 Å². The number of halogens is 2. The maximum Gasteiger partial charge on any atom is 0.226 e. The fourth-order valence-corrected chi connectivity index (χ4v) is 1.90. The lowest BCUT2D eigenvalue weighted by Gasteiger charge is -2.11. The predicted octanol–water partition coefficient (Wildman–Crippen LogP) is 3.41. The van der Waals surface area contributed by atoms with E-state index >= 15 is 0 Å². The van der Waals surface area contributed by atoms with Crippen molar-refractivity contribution in [3.05, 3.63) is 54.1 Å². The van der Waals surface area contributed by atoms with Gasteiger partial charge in [0.15, 0.2) is 11.6 Å². The van der Waals surface area contributed by atoms with E-state index in [4.69, 9.17) is 4.74 Å². The van der Waals surface area contributed by atoms with Gasteiger partial charge in [0.1, 0.15) is 5.75 Å². The molecule has 0 spiro atoms. The zero-order valence-electron chi connectivity index (χ0n) is 12.0. The highest BCUT2D eigenvalue weighted by Gasteiger charge is 2.07. The van der Waals surface area contributed by atoms with E-state index < -0.39 is 11.6 Å². The van der Waals surface area contributed by atoms with Crippen LogP contribution in [0, 0.1) is 11.6 Å². The fraction of sp³-hybridized carbons (Fsp3) is 0.188. The Bertz CT molecular complexity index is 662. The van der Waals surface area contributed by atoms with Gasteiger partial charge in [0.05, 0.1) is 12.8 Å². The van der Waals surface area contributed by atoms with E-state index in [0.717, 1.165) is 17.8 Å². The molecule has 2 rings (SSSR count). The lowest BCUT2D eigenvalue weighted by atomic mass is 10.2. The Morgan fingerprint density at radius 3 is 2.64 bits per heavy atom. The predicted molar refractivity (Wildman–Crippen MR) is 81.1 cm³/mol. The highest BCUT2D eigenvalue weighted by atomic mass is 19.2. The second kappa shape index (κ2) is 7.40. The van der Waals surface area contributed by atoms with Crippen LogP contribution < -0.4 is 15.4 Å². The van der Waals surface area contributed by atoms with Crippen molar-refractivity contribution < 1.29 is 18.3 Å². The monoisotopic (exact) mass is 306 g/mol. The van der Waals surface area contributed by atoms with Crippen LogP contribution in [0.15, 0.2) is 42.5 Å². The van der Waals surface area contributed by atoms with Crippen molar-refractivity contribution >= 4 is 17.3 Å². The number of anilines is 2. The maximum absolute atomic E-state index is 13.0. The first-order valence-electron chi connectivity index (χ1n) is 6.72. The molecule has 0 fully saturated rings. The minimum absolute atomic E-state index is 0.178. The zero-order chi connectivity index (χ0) is 15.9. The van der Waals surface area contributed by atoms with Crippen LogP contribution in [0.1, 0.15) is 6.42 Å². The van der Waals surface area contributed by atoms with Gasteiger partial charge >= 0.3 is 0 Å². The molecule has 0 atom stereocenters. The highest BCUT2D eigenvalue weighted by Crippen LogP contribution is 2.22.